The van der Waals surface area contributed by atoms with Crippen LogP contribution in [0.15, 0.2) is 72.8 Å². The summed E-state index contributed by atoms with van der Waals surface area (Å²) in [5.74, 6) is 0.0724. The van der Waals surface area contributed by atoms with Crippen molar-refractivity contribution in [3.63, 3.8) is 0 Å². The van der Waals surface area contributed by atoms with Crippen molar-refractivity contribution in [1.29, 1.82) is 0 Å². The van der Waals surface area contributed by atoms with Crippen LogP contribution in [0, 0.1) is 16.4 Å². The maximum absolute atomic E-state index is 14.8. The standard InChI is InChI=1S/C27H27F2N5OS/c1-2-35-25-11-7-6-10-24(25)32-16-14-31(15-17-32)19-33-27(36)34(23-13-12-21(28)18-22(23)29)26(30-33)20-8-4-3-5-9-20/h3-13,18H,2,14-17,19H2,1H3. The van der Waals surface area contributed by atoms with Gasteiger partial charge in [-0.3, -0.25) is 9.47 Å². The van der Waals surface area contributed by atoms with Gasteiger partial charge < -0.3 is 9.64 Å². The van der Waals surface area contributed by atoms with Gasteiger partial charge in [0.1, 0.15) is 17.4 Å². The van der Waals surface area contributed by atoms with Crippen LogP contribution in [0.2, 0.25) is 0 Å². The zero-order valence-electron chi connectivity index (χ0n) is 20.0. The lowest BCUT2D eigenvalue weighted by Crippen LogP contribution is -2.47. The maximum Gasteiger partial charge on any atom is 0.204 e. The van der Waals surface area contributed by atoms with Crippen LogP contribution in [-0.4, -0.2) is 52.0 Å². The van der Waals surface area contributed by atoms with Crippen molar-refractivity contribution in [2.45, 2.75) is 13.6 Å². The zero-order valence-corrected chi connectivity index (χ0v) is 20.8. The van der Waals surface area contributed by atoms with Gasteiger partial charge in [0.15, 0.2) is 5.82 Å². The van der Waals surface area contributed by atoms with Crippen LogP contribution in [0.3, 0.4) is 0 Å². The molecule has 0 atom stereocenters. The van der Waals surface area contributed by atoms with E-state index in [1.54, 1.807) is 9.25 Å². The number of benzene rings is 3. The molecular weight excluding hydrogens is 480 g/mol. The Morgan fingerprint density at radius 2 is 1.61 bits per heavy atom. The van der Waals surface area contributed by atoms with Gasteiger partial charge in [-0.2, -0.15) is 0 Å². The molecule has 0 amide bonds. The van der Waals surface area contributed by atoms with Crippen LogP contribution in [0.5, 0.6) is 5.75 Å². The molecule has 186 valence electrons. The molecule has 6 nitrogen and oxygen atoms in total. The molecular formula is C27H27F2N5OS. The molecule has 4 aromatic rings. The number of hydrogen-bond donors (Lipinski definition) is 0. The van der Waals surface area contributed by atoms with E-state index in [-0.39, 0.29) is 5.69 Å². The third-order valence-electron chi connectivity index (χ3n) is 6.23. The Morgan fingerprint density at radius 1 is 0.889 bits per heavy atom. The summed E-state index contributed by atoms with van der Waals surface area (Å²) in [5, 5.41) is 4.77. The van der Waals surface area contributed by atoms with Crippen LogP contribution < -0.4 is 9.64 Å². The van der Waals surface area contributed by atoms with Crippen LogP contribution in [0.4, 0.5) is 14.5 Å². The zero-order chi connectivity index (χ0) is 25.1. The topological polar surface area (TPSA) is 38.5 Å². The van der Waals surface area contributed by atoms with E-state index < -0.39 is 11.6 Å². The van der Waals surface area contributed by atoms with Gasteiger partial charge in [0.05, 0.1) is 24.7 Å². The number of hydrogen-bond acceptors (Lipinski definition) is 5. The van der Waals surface area contributed by atoms with Crippen molar-refractivity contribution in [1.82, 2.24) is 19.2 Å². The fraction of sp³-hybridized carbons (Fsp3) is 0.259. The maximum atomic E-state index is 14.8. The first-order chi connectivity index (χ1) is 17.5. The number of aromatic nitrogens is 3. The molecule has 36 heavy (non-hydrogen) atoms. The molecule has 0 radical (unpaired) electrons. The molecule has 2 heterocycles. The first-order valence-electron chi connectivity index (χ1n) is 11.9. The molecule has 1 fully saturated rings. The Bertz CT molecular complexity index is 1400. The second-order valence-electron chi connectivity index (χ2n) is 8.55. The van der Waals surface area contributed by atoms with Crippen molar-refractivity contribution in [3.8, 4) is 22.8 Å². The van der Waals surface area contributed by atoms with E-state index in [1.807, 2.05) is 55.5 Å². The highest BCUT2D eigenvalue weighted by molar-refractivity contribution is 7.71. The summed E-state index contributed by atoms with van der Waals surface area (Å²) in [7, 11) is 0. The lowest BCUT2D eigenvalue weighted by Gasteiger charge is -2.36. The Kier molecular flexibility index (Phi) is 7.11. The van der Waals surface area contributed by atoms with E-state index in [9.17, 15) is 8.78 Å². The molecule has 9 heteroatoms. The van der Waals surface area contributed by atoms with Gasteiger partial charge in [-0.15, -0.1) is 5.10 Å². The number of rotatable bonds is 7. The van der Waals surface area contributed by atoms with E-state index in [1.165, 1.54) is 12.1 Å². The van der Waals surface area contributed by atoms with Gasteiger partial charge in [-0.1, -0.05) is 42.5 Å². The van der Waals surface area contributed by atoms with Gasteiger partial charge in [-0.25, -0.2) is 13.5 Å². The molecule has 1 saturated heterocycles. The monoisotopic (exact) mass is 507 g/mol. The summed E-state index contributed by atoms with van der Waals surface area (Å²) in [6.07, 6.45) is 0. The lowest BCUT2D eigenvalue weighted by atomic mass is 10.2. The molecule has 5 rings (SSSR count). The Morgan fingerprint density at radius 3 is 2.33 bits per heavy atom. The van der Waals surface area contributed by atoms with E-state index in [0.717, 1.165) is 49.2 Å². The molecule has 1 aliphatic heterocycles. The van der Waals surface area contributed by atoms with Crippen molar-refractivity contribution in [2.75, 3.05) is 37.7 Å². The molecule has 0 saturated carbocycles. The molecule has 3 aromatic carbocycles. The minimum atomic E-state index is -0.690. The summed E-state index contributed by atoms with van der Waals surface area (Å²) in [6, 6.07) is 21.1. The molecule has 0 spiro atoms. The second-order valence-corrected chi connectivity index (χ2v) is 8.92. The molecule has 0 aliphatic carbocycles. The van der Waals surface area contributed by atoms with E-state index >= 15 is 0 Å². The summed E-state index contributed by atoms with van der Waals surface area (Å²) in [4.78, 5) is 4.59. The fourth-order valence-corrected chi connectivity index (χ4v) is 4.75. The van der Waals surface area contributed by atoms with Crippen molar-refractivity contribution < 1.29 is 13.5 Å². The highest BCUT2D eigenvalue weighted by Gasteiger charge is 2.23. The minimum absolute atomic E-state index is 0.170. The van der Waals surface area contributed by atoms with Crippen LogP contribution >= 0.6 is 12.2 Å². The quantitative estimate of drug-likeness (QED) is 0.308. The number of piperazine rings is 1. The molecule has 0 N–H and O–H groups in total. The highest BCUT2D eigenvalue weighted by Crippen LogP contribution is 2.29. The normalized spacial score (nSPS) is 14.2. The molecule has 1 aliphatic rings. The van der Waals surface area contributed by atoms with Gasteiger partial charge in [0.25, 0.3) is 0 Å². The van der Waals surface area contributed by atoms with Gasteiger partial charge in [-0.05, 0) is 43.4 Å². The van der Waals surface area contributed by atoms with Gasteiger partial charge in [0.2, 0.25) is 4.77 Å². The minimum Gasteiger partial charge on any atom is -0.492 e. The molecule has 0 unspecified atom stereocenters. The van der Waals surface area contributed by atoms with Gasteiger partial charge in [0, 0.05) is 37.8 Å². The van der Waals surface area contributed by atoms with Crippen molar-refractivity contribution >= 4 is 17.9 Å². The summed E-state index contributed by atoms with van der Waals surface area (Å²) >= 11 is 5.75. The van der Waals surface area contributed by atoms with Crippen molar-refractivity contribution in [3.05, 3.63) is 89.2 Å². The van der Waals surface area contributed by atoms with Gasteiger partial charge >= 0.3 is 0 Å². The van der Waals surface area contributed by atoms with E-state index in [4.69, 9.17) is 22.1 Å². The summed E-state index contributed by atoms with van der Waals surface area (Å²) < 4.78 is 37.9. The second kappa shape index (κ2) is 10.6. The predicted octanol–water partition coefficient (Wildman–Crippen LogP) is 5.53. The lowest BCUT2D eigenvalue weighted by molar-refractivity contribution is 0.194. The third-order valence-corrected chi connectivity index (χ3v) is 6.63. The van der Waals surface area contributed by atoms with Crippen LogP contribution in [-0.2, 0) is 6.67 Å². The smallest absolute Gasteiger partial charge is 0.204 e. The SMILES string of the molecule is CCOc1ccccc1N1CCN(Cn2nc(-c3ccccc3)n(-c3ccc(F)cc3F)c2=S)CC1. The Hall–Kier alpha value is -3.56. The average Bonchev–Trinajstić information content (AvgIpc) is 3.21. The van der Waals surface area contributed by atoms with Crippen LogP contribution in [0.25, 0.3) is 17.1 Å². The number of nitrogens with zero attached hydrogens (tertiary/aromatic N) is 5. The Labute approximate surface area is 214 Å². The highest BCUT2D eigenvalue weighted by atomic mass is 32.1. The number of halogens is 2. The van der Waals surface area contributed by atoms with Crippen molar-refractivity contribution in [2.24, 2.45) is 0 Å². The van der Waals surface area contributed by atoms with Crippen LogP contribution in [0.1, 0.15) is 6.92 Å². The van der Waals surface area contributed by atoms with E-state index in [2.05, 4.69) is 15.9 Å². The molecule has 1 aromatic heterocycles. The first kappa shape index (κ1) is 24.1. The largest absolute Gasteiger partial charge is 0.492 e. The van der Waals surface area contributed by atoms with E-state index in [0.29, 0.717) is 23.9 Å². The average molecular weight is 508 g/mol. The Balaban J connectivity index is 1.40. The summed E-state index contributed by atoms with van der Waals surface area (Å²) in [5.41, 5.74) is 2.06. The first-order valence-corrected chi connectivity index (χ1v) is 12.4. The summed E-state index contributed by atoms with van der Waals surface area (Å²) in [6.45, 7) is 6.35. The fourth-order valence-electron chi connectivity index (χ4n) is 4.47. The predicted molar refractivity (Wildman–Crippen MR) is 139 cm³/mol. The molecule has 0 bridgehead atoms. The third kappa shape index (κ3) is 4.89. The number of para-hydroxylation sites is 2. The number of anilines is 1. The number of ether oxygens (including phenoxy) is 1.